The molecule has 2 atom stereocenters. The van der Waals surface area contributed by atoms with Gasteiger partial charge in [-0.25, -0.2) is 0 Å². The number of thioether (sulfide) groups is 1. The molecule has 0 spiro atoms. The number of hydrogen-bond donors (Lipinski definition) is 1. The third-order valence-electron chi connectivity index (χ3n) is 2.81. The fourth-order valence-electron chi connectivity index (χ4n) is 2.36. The highest BCUT2D eigenvalue weighted by atomic mass is 32.2. The summed E-state index contributed by atoms with van der Waals surface area (Å²) in [5.74, 6) is 1.51. The van der Waals surface area contributed by atoms with Gasteiger partial charge in [0.1, 0.15) is 0 Å². The average molecular weight is 225 g/mol. The van der Waals surface area contributed by atoms with Crippen molar-refractivity contribution in [2.45, 2.75) is 39.2 Å². The van der Waals surface area contributed by atoms with Crippen LogP contribution in [0.4, 0.5) is 0 Å². The topological polar surface area (TPSA) is 48.2 Å². The highest BCUT2D eigenvalue weighted by Gasteiger charge is 2.23. The van der Waals surface area contributed by atoms with Crippen LogP contribution in [-0.4, -0.2) is 17.5 Å². The van der Waals surface area contributed by atoms with E-state index in [4.69, 9.17) is 5.26 Å². The minimum Gasteiger partial charge on any atom is -0.272 e. The van der Waals surface area contributed by atoms with Crippen LogP contribution in [0.2, 0.25) is 0 Å². The molecule has 1 fully saturated rings. The Hall–Kier alpha value is -0.690. The van der Waals surface area contributed by atoms with Crippen LogP contribution in [0.25, 0.3) is 0 Å². The van der Waals surface area contributed by atoms with Gasteiger partial charge in [0, 0.05) is 0 Å². The first kappa shape index (κ1) is 12.4. The number of nitrogens with zero attached hydrogens (tertiary/aromatic N) is 2. The SMILES string of the molecule is CSC(=NC1CC(C)CC(C)C1)NC#N. The summed E-state index contributed by atoms with van der Waals surface area (Å²) >= 11 is 1.51. The van der Waals surface area contributed by atoms with Gasteiger partial charge < -0.3 is 0 Å². The lowest BCUT2D eigenvalue weighted by atomic mass is 9.81. The molecule has 0 bridgehead atoms. The standard InChI is InChI=1S/C11H19N3S/c1-8-4-9(2)6-10(5-8)14-11(15-3)13-7-12/h8-10H,4-6H2,1-3H3,(H,13,14). The molecule has 1 aliphatic rings. The van der Waals surface area contributed by atoms with Gasteiger partial charge in [-0.2, -0.15) is 5.26 Å². The number of amidine groups is 1. The zero-order chi connectivity index (χ0) is 11.3. The Labute approximate surface area is 96.3 Å². The second-order valence-corrected chi connectivity index (χ2v) is 5.24. The minimum absolute atomic E-state index is 0.395. The van der Waals surface area contributed by atoms with Crippen LogP contribution in [0.5, 0.6) is 0 Å². The molecular weight excluding hydrogens is 206 g/mol. The number of rotatable bonds is 1. The highest BCUT2D eigenvalue weighted by molar-refractivity contribution is 8.13. The van der Waals surface area contributed by atoms with Crippen molar-refractivity contribution in [3.8, 4) is 6.19 Å². The molecule has 0 aromatic carbocycles. The first-order valence-electron chi connectivity index (χ1n) is 5.42. The fourth-order valence-corrected chi connectivity index (χ4v) is 2.76. The maximum Gasteiger partial charge on any atom is 0.183 e. The van der Waals surface area contributed by atoms with Gasteiger partial charge in [-0.05, 0) is 37.4 Å². The molecule has 0 radical (unpaired) electrons. The van der Waals surface area contributed by atoms with E-state index >= 15 is 0 Å². The number of nitriles is 1. The molecule has 84 valence electrons. The van der Waals surface area contributed by atoms with E-state index in [1.165, 1.54) is 18.2 Å². The molecule has 0 amide bonds. The predicted octanol–water partition coefficient (Wildman–Crippen LogP) is 2.60. The number of aliphatic imine (C=N–C) groups is 1. The van der Waals surface area contributed by atoms with Gasteiger partial charge in [0.2, 0.25) is 0 Å². The molecule has 1 saturated carbocycles. The van der Waals surface area contributed by atoms with Gasteiger partial charge in [-0.3, -0.25) is 10.3 Å². The van der Waals surface area contributed by atoms with Crippen molar-refractivity contribution in [3.05, 3.63) is 0 Å². The average Bonchev–Trinajstić information content (AvgIpc) is 2.15. The van der Waals surface area contributed by atoms with Crippen molar-refractivity contribution in [2.75, 3.05) is 6.26 Å². The third-order valence-corrected chi connectivity index (χ3v) is 3.40. The second-order valence-electron chi connectivity index (χ2n) is 4.45. The molecule has 2 unspecified atom stereocenters. The molecule has 15 heavy (non-hydrogen) atoms. The van der Waals surface area contributed by atoms with Gasteiger partial charge in [-0.1, -0.05) is 25.6 Å². The van der Waals surface area contributed by atoms with Crippen LogP contribution in [0.15, 0.2) is 4.99 Å². The fraction of sp³-hybridized carbons (Fsp3) is 0.818. The molecule has 0 aliphatic heterocycles. The summed E-state index contributed by atoms with van der Waals surface area (Å²) in [7, 11) is 0. The van der Waals surface area contributed by atoms with Crippen molar-refractivity contribution >= 4 is 16.9 Å². The molecule has 3 nitrogen and oxygen atoms in total. The van der Waals surface area contributed by atoms with Gasteiger partial charge in [0.15, 0.2) is 11.4 Å². The Morgan fingerprint density at radius 2 is 1.93 bits per heavy atom. The van der Waals surface area contributed by atoms with Crippen molar-refractivity contribution < 1.29 is 0 Å². The highest BCUT2D eigenvalue weighted by Crippen LogP contribution is 2.30. The Morgan fingerprint density at radius 1 is 1.33 bits per heavy atom. The van der Waals surface area contributed by atoms with E-state index < -0.39 is 0 Å². The summed E-state index contributed by atoms with van der Waals surface area (Å²) in [5, 5.41) is 11.9. The molecule has 0 aromatic heterocycles. The third kappa shape index (κ3) is 4.13. The van der Waals surface area contributed by atoms with Crippen molar-refractivity contribution in [1.29, 1.82) is 5.26 Å². The first-order chi connectivity index (χ1) is 7.15. The summed E-state index contributed by atoms with van der Waals surface area (Å²) in [4.78, 5) is 4.59. The van der Waals surface area contributed by atoms with Crippen LogP contribution in [0.3, 0.4) is 0 Å². The number of nitrogens with one attached hydrogen (secondary N) is 1. The Bertz CT molecular complexity index is 259. The van der Waals surface area contributed by atoms with E-state index in [0.29, 0.717) is 6.04 Å². The summed E-state index contributed by atoms with van der Waals surface area (Å²) in [5.41, 5.74) is 0. The largest absolute Gasteiger partial charge is 0.272 e. The lowest BCUT2D eigenvalue weighted by Gasteiger charge is -2.29. The Kier molecular flexibility index (Phi) is 4.97. The summed E-state index contributed by atoms with van der Waals surface area (Å²) in [6.45, 7) is 4.57. The zero-order valence-electron chi connectivity index (χ0n) is 9.66. The predicted molar refractivity (Wildman–Crippen MR) is 65.7 cm³/mol. The van der Waals surface area contributed by atoms with Crippen LogP contribution < -0.4 is 5.32 Å². The van der Waals surface area contributed by atoms with E-state index in [-0.39, 0.29) is 0 Å². The van der Waals surface area contributed by atoms with Crippen LogP contribution in [0, 0.1) is 23.3 Å². The van der Waals surface area contributed by atoms with Gasteiger partial charge in [0.05, 0.1) is 6.04 Å². The van der Waals surface area contributed by atoms with Gasteiger partial charge >= 0.3 is 0 Å². The molecule has 1 rings (SSSR count). The first-order valence-corrected chi connectivity index (χ1v) is 6.65. The van der Waals surface area contributed by atoms with Crippen LogP contribution >= 0.6 is 11.8 Å². The van der Waals surface area contributed by atoms with Crippen molar-refractivity contribution in [3.63, 3.8) is 0 Å². The summed E-state index contributed by atoms with van der Waals surface area (Å²) < 4.78 is 0. The van der Waals surface area contributed by atoms with E-state index in [1.54, 1.807) is 0 Å². The quantitative estimate of drug-likeness (QED) is 0.323. The smallest absolute Gasteiger partial charge is 0.183 e. The Morgan fingerprint density at radius 3 is 2.40 bits per heavy atom. The van der Waals surface area contributed by atoms with Crippen LogP contribution in [-0.2, 0) is 0 Å². The lowest BCUT2D eigenvalue weighted by molar-refractivity contribution is 0.271. The van der Waals surface area contributed by atoms with Crippen molar-refractivity contribution in [2.24, 2.45) is 16.8 Å². The van der Waals surface area contributed by atoms with E-state index in [1.807, 2.05) is 12.4 Å². The van der Waals surface area contributed by atoms with E-state index in [2.05, 4.69) is 24.2 Å². The van der Waals surface area contributed by atoms with Crippen LogP contribution in [0.1, 0.15) is 33.1 Å². The maximum atomic E-state index is 8.55. The van der Waals surface area contributed by atoms with Crippen molar-refractivity contribution in [1.82, 2.24) is 5.32 Å². The summed E-state index contributed by atoms with van der Waals surface area (Å²) in [6.07, 6.45) is 7.49. The molecule has 0 aromatic rings. The molecule has 1 aliphatic carbocycles. The molecule has 0 heterocycles. The molecule has 0 saturated heterocycles. The van der Waals surface area contributed by atoms with Gasteiger partial charge in [-0.15, -0.1) is 0 Å². The Balaban J connectivity index is 2.59. The number of hydrogen-bond acceptors (Lipinski definition) is 3. The van der Waals surface area contributed by atoms with E-state index in [9.17, 15) is 0 Å². The second kappa shape index (κ2) is 6.02. The lowest BCUT2D eigenvalue weighted by Crippen LogP contribution is -2.25. The maximum absolute atomic E-state index is 8.55. The normalized spacial score (nSPS) is 32.1. The van der Waals surface area contributed by atoms with Gasteiger partial charge in [0.25, 0.3) is 0 Å². The molecular formula is C11H19N3S. The van der Waals surface area contributed by atoms with E-state index in [0.717, 1.165) is 29.8 Å². The monoisotopic (exact) mass is 225 g/mol. The zero-order valence-corrected chi connectivity index (χ0v) is 10.5. The minimum atomic E-state index is 0.395. The summed E-state index contributed by atoms with van der Waals surface area (Å²) in [6, 6.07) is 0.395. The molecule has 1 N–H and O–H groups in total. The molecule has 4 heteroatoms.